The monoisotopic (exact) mass is 292 g/mol. The zero-order valence-electron chi connectivity index (χ0n) is 10.4. The first-order chi connectivity index (χ1) is 8.18. The first-order valence-electron chi connectivity index (χ1n) is 5.62. The number of alkyl halides is 3. The van der Waals surface area contributed by atoms with Crippen LogP contribution in [0.4, 0.5) is 13.2 Å². The molecule has 0 amide bonds. The molecule has 0 aliphatic rings. The number of hydrogen-bond acceptors (Lipinski definition) is 3. The molecule has 0 aromatic carbocycles. The SMILES string of the molecule is CCC(CC)N(CCO)S(=O)(=O)NCC(F)(F)F. The summed E-state index contributed by atoms with van der Waals surface area (Å²) in [4.78, 5) is 0. The topological polar surface area (TPSA) is 69.6 Å². The van der Waals surface area contributed by atoms with Crippen LogP contribution in [0.15, 0.2) is 0 Å². The van der Waals surface area contributed by atoms with Crippen molar-refractivity contribution in [1.82, 2.24) is 9.03 Å². The molecule has 0 radical (unpaired) electrons. The van der Waals surface area contributed by atoms with E-state index < -0.39 is 35.6 Å². The molecule has 110 valence electrons. The number of rotatable bonds is 8. The maximum atomic E-state index is 12.0. The number of halogens is 3. The molecule has 0 spiro atoms. The van der Waals surface area contributed by atoms with Crippen molar-refractivity contribution in [2.24, 2.45) is 0 Å². The Morgan fingerprint density at radius 3 is 2.11 bits per heavy atom. The van der Waals surface area contributed by atoms with Crippen molar-refractivity contribution in [2.45, 2.75) is 38.9 Å². The minimum Gasteiger partial charge on any atom is -0.395 e. The Bertz CT molecular complexity index is 328. The Balaban J connectivity index is 4.86. The second kappa shape index (κ2) is 7.27. The van der Waals surface area contributed by atoms with Gasteiger partial charge in [0.05, 0.1) is 6.61 Å². The summed E-state index contributed by atoms with van der Waals surface area (Å²) < 4.78 is 61.8. The molecule has 0 saturated carbocycles. The van der Waals surface area contributed by atoms with E-state index in [2.05, 4.69) is 0 Å². The summed E-state index contributed by atoms with van der Waals surface area (Å²) in [7, 11) is -4.24. The van der Waals surface area contributed by atoms with Crippen molar-refractivity contribution >= 4 is 10.2 Å². The molecule has 18 heavy (non-hydrogen) atoms. The zero-order chi connectivity index (χ0) is 14.4. The highest BCUT2D eigenvalue weighted by atomic mass is 32.2. The summed E-state index contributed by atoms with van der Waals surface area (Å²) in [6.07, 6.45) is -3.68. The van der Waals surface area contributed by atoms with Crippen molar-refractivity contribution in [3.63, 3.8) is 0 Å². The van der Waals surface area contributed by atoms with E-state index in [0.29, 0.717) is 12.8 Å². The molecule has 9 heteroatoms. The number of aliphatic hydroxyl groups is 1. The average Bonchev–Trinajstić information content (AvgIpc) is 2.26. The van der Waals surface area contributed by atoms with Gasteiger partial charge in [-0.15, -0.1) is 0 Å². The van der Waals surface area contributed by atoms with Gasteiger partial charge in [0, 0.05) is 12.6 Å². The van der Waals surface area contributed by atoms with Crippen LogP contribution in [0.3, 0.4) is 0 Å². The lowest BCUT2D eigenvalue weighted by Gasteiger charge is -2.29. The Hall–Kier alpha value is -0.380. The van der Waals surface area contributed by atoms with Gasteiger partial charge in [-0.2, -0.15) is 30.6 Å². The van der Waals surface area contributed by atoms with E-state index in [1.165, 1.54) is 4.72 Å². The summed E-state index contributed by atoms with van der Waals surface area (Å²) in [5.74, 6) is 0. The molecule has 0 fully saturated rings. The highest BCUT2D eigenvalue weighted by Crippen LogP contribution is 2.16. The maximum absolute atomic E-state index is 12.0. The van der Waals surface area contributed by atoms with Gasteiger partial charge in [-0.3, -0.25) is 0 Å². The summed E-state index contributed by atoms with van der Waals surface area (Å²) in [5.41, 5.74) is 0. The quantitative estimate of drug-likeness (QED) is 0.697. The molecule has 0 aliphatic heterocycles. The first kappa shape index (κ1) is 17.6. The number of nitrogens with one attached hydrogen (secondary N) is 1. The molecule has 5 nitrogen and oxygen atoms in total. The third-order valence-electron chi connectivity index (χ3n) is 2.43. The van der Waals surface area contributed by atoms with Gasteiger partial charge in [-0.25, -0.2) is 0 Å². The molecular formula is C9H19F3N2O3S. The van der Waals surface area contributed by atoms with Crippen molar-refractivity contribution in [3.8, 4) is 0 Å². The lowest BCUT2D eigenvalue weighted by Crippen LogP contribution is -2.49. The minimum atomic E-state index is -4.61. The lowest BCUT2D eigenvalue weighted by molar-refractivity contribution is -0.121. The van der Waals surface area contributed by atoms with Crippen molar-refractivity contribution in [2.75, 3.05) is 19.7 Å². The molecule has 2 N–H and O–H groups in total. The summed E-state index contributed by atoms with van der Waals surface area (Å²) in [5, 5.41) is 8.81. The number of nitrogens with zero attached hydrogens (tertiary/aromatic N) is 1. The highest BCUT2D eigenvalue weighted by molar-refractivity contribution is 7.87. The lowest BCUT2D eigenvalue weighted by atomic mass is 10.2. The van der Waals surface area contributed by atoms with Gasteiger partial charge in [0.25, 0.3) is 10.2 Å². The molecule has 0 atom stereocenters. The van der Waals surface area contributed by atoms with Crippen LogP contribution in [-0.4, -0.2) is 49.7 Å². The Labute approximate surface area is 105 Å². The van der Waals surface area contributed by atoms with E-state index in [1.54, 1.807) is 13.8 Å². The van der Waals surface area contributed by atoms with Crippen LogP contribution in [0.25, 0.3) is 0 Å². The second-order valence-electron chi connectivity index (χ2n) is 3.75. The normalized spacial score (nSPS) is 13.6. The van der Waals surface area contributed by atoms with E-state index in [4.69, 9.17) is 5.11 Å². The van der Waals surface area contributed by atoms with Gasteiger partial charge in [0.2, 0.25) is 0 Å². The van der Waals surface area contributed by atoms with Gasteiger partial charge >= 0.3 is 6.18 Å². The molecule has 0 aromatic heterocycles. The molecule has 0 rings (SSSR count). The van der Waals surface area contributed by atoms with Crippen LogP contribution in [0.2, 0.25) is 0 Å². The van der Waals surface area contributed by atoms with Gasteiger partial charge in [0.1, 0.15) is 6.54 Å². The first-order valence-corrected chi connectivity index (χ1v) is 7.06. The van der Waals surface area contributed by atoms with Gasteiger partial charge in [-0.1, -0.05) is 13.8 Å². The van der Waals surface area contributed by atoms with Crippen LogP contribution < -0.4 is 4.72 Å². The van der Waals surface area contributed by atoms with Crippen LogP contribution in [0, 0.1) is 0 Å². The minimum absolute atomic E-state index is 0.223. The number of hydrogen-bond donors (Lipinski definition) is 2. The highest BCUT2D eigenvalue weighted by Gasteiger charge is 2.33. The van der Waals surface area contributed by atoms with Crippen LogP contribution >= 0.6 is 0 Å². The third kappa shape index (κ3) is 5.98. The van der Waals surface area contributed by atoms with Crippen LogP contribution in [0.5, 0.6) is 0 Å². The van der Waals surface area contributed by atoms with Crippen molar-refractivity contribution in [3.05, 3.63) is 0 Å². The second-order valence-corrected chi connectivity index (χ2v) is 5.45. The Morgan fingerprint density at radius 2 is 1.78 bits per heavy atom. The van der Waals surface area contributed by atoms with Gasteiger partial charge in [-0.05, 0) is 12.8 Å². The Kier molecular flexibility index (Phi) is 7.11. The summed E-state index contributed by atoms with van der Waals surface area (Å²) >= 11 is 0. The fourth-order valence-electron chi connectivity index (χ4n) is 1.55. The van der Waals surface area contributed by atoms with E-state index in [0.717, 1.165) is 4.31 Å². The fourth-order valence-corrected chi connectivity index (χ4v) is 3.07. The molecular weight excluding hydrogens is 273 g/mol. The maximum Gasteiger partial charge on any atom is 0.402 e. The predicted octanol–water partition coefficient (Wildman–Crippen LogP) is 0.866. The molecule has 0 bridgehead atoms. The van der Waals surface area contributed by atoms with Gasteiger partial charge in [0.15, 0.2) is 0 Å². The summed E-state index contributed by atoms with van der Waals surface area (Å²) in [6.45, 7) is 1.19. The largest absolute Gasteiger partial charge is 0.402 e. The van der Waals surface area contributed by atoms with E-state index >= 15 is 0 Å². The third-order valence-corrected chi connectivity index (χ3v) is 4.04. The van der Waals surface area contributed by atoms with Gasteiger partial charge < -0.3 is 5.11 Å². The predicted molar refractivity (Wildman–Crippen MR) is 61.1 cm³/mol. The average molecular weight is 292 g/mol. The fraction of sp³-hybridized carbons (Fsp3) is 1.00. The van der Waals surface area contributed by atoms with E-state index in [-0.39, 0.29) is 6.54 Å². The molecule has 0 aliphatic carbocycles. The zero-order valence-corrected chi connectivity index (χ0v) is 11.2. The molecule has 0 unspecified atom stereocenters. The molecule has 0 heterocycles. The number of aliphatic hydroxyl groups excluding tert-OH is 1. The molecule has 0 saturated heterocycles. The van der Waals surface area contributed by atoms with Crippen LogP contribution in [-0.2, 0) is 10.2 Å². The van der Waals surface area contributed by atoms with E-state index in [1.807, 2.05) is 0 Å². The standard InChI is InChI=1S/C9H19F3N2O3S/c1-3-8(4-2)14(5-6-15)18(16,17)13-7-9(10,11)12/h8,13,15H,3-7H2,1-2H3. The smallest absolute Gasteiger partial charge is 0.395 e. The Morgan fingerprint density at radius 1 is 1.28 bits per heavy atom. The van der Waals surface area contributed by atoms with E-state index in [9.17, 15) is 21.6 Å². The van der Waals surface area contributed by atoms with Crippen LogP contribution in [0.1, 0.15) is 26.7 Å². The molecule has 0 aromatic rings. The van der Waals surface area contributed by atoms with Crippen molar-refractivity contribution < 1.29 is 26.7 Å². The van der Waals surface area contributed by atoms with Crippen molar-refractivity contribution in [1.29, 1.82) is 0 Å². The summed E-state index contributed by atoms with van der Waals surface area (Å²) in [6, 6.07) is -0.428.